The van der Waals surface area contributed by atoms with Crippen LogP contribution in [0.15, 0.2) is 58.5 Å². The molecule has 0 aliphatic carbocycles. The van der Waals surface area contributed by atoms with Crippen molar-refractivity contribution in [2.24, 2.45) is 0 Å². The summed E-state index contributed by atoms with van der Waals surface area (Å²) in [5, 5.41) is 9.46. The molecule has 0 radical (unpaired) electrons. The largest absolute Gasteiger partial charge is 0.301 e. The second kappa shape index (κ2) is 8.03. The second-order valence-corrected chi connectivity index (χ2v) is 7.28. The summed E-state index contributed by atoms with van der Waals surface area (Å²) in [5.74, 6) is 0.682. The van der Waals surface area contributed by atoms with Gasteiger partial charge in [0.25, 0.3) is 5.56 Å². The SMILES string of the molecule is Cc1cc(C)cc(Cc2cc(=O)[nH]c(SCc3ccc(C#N)cc3)n2)c1. The van der Waals surface area contributed by atoms with Crippen molar-refractivity contribution in [3.8, 4) is 6.07 Å². The summed E-state index contributed by atoms with van der Waals surface area (Å²) in [6.45, 7) is 4.14. The number of aromatic nitrogens is 2. The first-order valence-corrected chi connectivity index (χ1v) is 9.29. The van der Waals surface area contributed by atoms with Gasteiger partial charge in [0, 0.05) is 18.2 Å². The molecular weight excluding hydrogens is 342 g/mol. The van der Waals surface area contributed by atoms with E-state index in [2.05, 4.69) is 48.1 Å². The van der Waals surface area contributed by atoms with Crippen LogP contribution in [0.3, 0.4) is 0 Å². The van der Waals surface area contributed by atoms with Gasteiger partial charge in [-0.25, -0.2) is 4.98 Å². The van der Waals surface area contributed by atoms with Crippen molar-refractivity contribution in [1.82, 2.24) is 9.97 Å². The molecule has 1 heterocycles. The van der Waals surface area contributed by atoms with Crippen LogP contribution in [0.2, 0.25) is 0 Å². The fourth-order valence-electron chi connectivity index (χ4n) is 2.85. The van der Waals surface area contributed by atoms with Crippen molar-refractivity contribution in [1.29, 1.82) is 5.26 Å². The average molecular weight is 361 g/mol. The lowest BCUT2D eigenvalue weighted by Crippen LogP contribution is -2.10. The van der Waals surface area contributed by atoms with Gasteiger partial charge in [-0.05, 0) is 37.1 Å². The molecule has 5 heteroatoms. The summed E-state index contributed by atoms with van der Waals surface area (Å²) in [6, 6.07) is 17.5. The third-order valence-corrected chi connectivity index (χ3v) is 4.84. The van der Waals surface area contributed by atoms with E-state index in [-0.39, 0.29) is 5.56 Å². The molecule has 0 spiro atoms. The lowest BCUT2D eigenvalue weighted by molar-refractivity contribution is 0.879. The summed E-state index contributed by atoms with van der Waals surface area (Å²) < 4.78 is 0. The van der Waals surface area contributed by atoms with Gasteiger partial charge in [-0.3, -0.25) is 4.79 Å². The van der Waals surface area contributed by atoms with E-state index in [0.717, 1.165) is 16.8 Å². The number of hydrogen-bond donors (Lipinski definition) is 1. The Labute approximate surface area is 156 Å². The Kier molecular flexibility index (Phi) is 5.55. The van der Waals surface area contributed by atoms with Gasteiger partial charge < -0.3 is 4.98 Å². The van der Waals surface area contributed by atoms with E-state index < -0.39 is 0 Å². The number of nitrogens with zero attached hydrogens (tertiary/aromatic N) is 2. The molecule has 130 valence electrons. The molecule has 26 heavy (non-hydrogen) atoms. The quantitative estimate of drug-likeness (QED) is 0.548. The van der Waals surface area contributed by atoms with Crippen LogP contribution in [0.5, 0.6) is 0 Å². The van der Waals surface area contributed by atoms with E-state index in [1.54, 1.807) is 18.2 Å². The van der Waals surface area contributed by atoms with Gasteiger partial charge in [0.2, 0.25) is 0 Å². The van der Waals surface area contributed by atoms with Crippen molar-refractivity contribution in [2.45, 2.75) is 31.2 Å². The lowest BCUT2D eigenvalue weighted by atomic mass is 10.0. The van der Waals surface area contributed by atoms with E-state index in [1.807, 2.05) is 12.1 Å². The van der Waals surface area contributed by atoms with E-state index in [9.17, 15) is 4.79 Å². The summed E-state index contributed by atoms with van der Waals surface area (Å²) in [5.41, 5.74) is 5.92. The maximum atomic E-state index is 12.0. The first-order chi connectivity index (χ1) is 12.5. The zero-order chi connectivity index (χ0) is 18.5. The fourth-order valence-corrected chi connectivity index (χ4v) is 3.70. The van der Waals surface area contributed by atoms with Crippen LogP contribution in [0, 0.1) is 25.2 Å². The summed E-state index contributed by atoms with van der Waals surface area (Å²) in [7, 11) is 0. The minimum Gasteiger partial charge on any atom is -0.301 e. The zero-order valence-electron chi connectivity index (χ0n) is 14.7. The molecule has 0 fully saturated rings. The predicted octanol–water partition coefficient (Wildman–Crippen LogP) is 4.14. The number of rotatable bonds is 5. The van der Waals surface area contributed by atoms with Gasteiger partial charge in [0.1, 0.15) is 0 Å². The number of aromatic amines is 1. The smallest absolute Gasteiger partial charge is 0.251 e. The number of benzene rings is 2. The van der Waals surface area contributed by atoms with Crippen LogP contribution in [0.25, 0.3) is 0 Å². The topological polar surface area (TPSA) is 69.5 Å². The van der Waals surface area contributed by atoms with E-state index >= 15 is 0 Å². The Morgan fingerprint density at radius 2 is 1.73 bits per heavy atom. The van der Waals surface area contributed by atoms with Crippen molar-refractivity contribution in [3.63, 3.8) is 0 Å². The van der Waals surface area contributed by atoms with Crippen LogP contribution in [-0.4, -0.2) is 9.97 Å². The van der Waals surface area contributed by atoms with Crippen molar-refractivity contribution < 1.29 is 0 Å². The first kappa shape index (κ1) is 18.0. The van der Waals surface area contributed by atoms with Gasteiger partial charge in [0.15, 0.2) is 5.16 Å². The molecule has 3 rings (SSSR count). The summed E-state index contributed by atoms with van der Waals surface area (Å²) in [6.07, 6.45) is 0.636. The molecule has 2 aromatic carbocycles. The van der Waals surface area contributed by atoms with Crippen LogP contribution < -0.4 is 5.56 Å². The Balaban J connectivity index is 1.74. The predicted molar refractivity (Wildman–Crippen MR) is 104 cm³/mol. The van der Waals surface area contributed by atoms with Crippen molar-refractivity contribution >= 4 is 11.8 Å². The Hall–Kier alpha value is -2.84. The standard InChI is InChI=1S/C21H19N3OS/c1-14-7-15(2)9-18(8-14)10-19-11-20(25)24-21(23-19)26-13-17-5-3-16(12-22)4-6-17/h3-9,11H,10,13H2,1-2H3,(H,23,24,25). The van der Waals surface area contributed by atoms with Gasteiger partial charge in [-0.1, -0.05) is 53.2 Å². The monoisotopic (exact) mass is 361 g/mol. The molecule has 3 aromatic rings. The van der Waals surface area contributed by atoms with E-state index in [1.165, 1.54) is 22.9 Å². The number of thioether (sulfide) groups is 1. The molecule has 0 aliphatic heterocycles. The normalized spacial score (nSPS) is 10.5. The Bertz CT molecular complexity index is 996. The molecule has 0 atom stereocenters. The molecule has 1 aromatic heterocycles. The van der Waals surface area contributed by atoms with Crippen LogP contribution in [0.4, 0.5) is 0 Å². The average Bonchev–Trinajstić information content (AvgIpc) is 2.59. The van der Waals surface area contributed by atoms with Crippen LogP contribution in [-0.2, 0) is 12.2 Å². The number of hydrogen-bond acceptors (Lipinski definition) is 4. The Morgan fingerprint density at radius 3 is 2.38 bits per heavy atom. The maximum Gasteiger partial charge on any atom is 0.251 e. The molecule has 0 saturated heterocycles. The number of nitriles is 1. The highest BCUT2D eigenvalue weighted by atomic mass is 32.2. The highest BCUT2D eigenvalue weighted by Gasteiger charge is 2.05. The molecule has 0 saturated carbocycles. The third-order valence-electron chi connectivity index (χ3n) is 3.90. The first-order valence-electron chi connectivity index (χ1n) is 8.31. The highest BCUT2D eigenvalue weighted by molar-refractivity contribution is 7.98. The minimum atomic E-state index is -0.137. The summed E-state index contributed by atoms with van der Waals surface area (Å²) >= 11 is 1.48. The van der Waals surface area contributed by atoms with E-state index in [4.69, 9.17) is 5.26 Å². The Morgan fingerprint density at radius 1 is 1.04 bits per heavy atom. The molecule has 0 aliphatic rings. The highest BCUT2D eigenvalue weighted by Crippen LogP contribution is 2.20. The molecule has 0 amide bonds. The molecular formula is C21H19N3OS. The maximum absolute atomic E-state index is 12.0. The van der Waals surface area contributed by atoms with Gasteiger partial charge in [-0.15, -0.1) is 0 Å². The van der Waals surface area contributed by atoms with Gasteiger partial charge >= 0.3 is 0 Å². The van der Waals surface area contributed by atoms with Crippen LogP contribution >= 0.6 is 11.8 Å². The zero-order valence-corrected chi connectivity index (χ0v) is 15.6. The third kappa shape index (κ3) is 4.84. The molecule has 4 nitrogen and oxygen atoms in total. The minimum absolute atomic E-state index is 0.137. The lowest BCUT2D eigenvalue weighted by Gasteiger charge is -2.07. The summed E-state index contributed by atoms with van der Waals surface area (Å²) in [4.78, 5) is 19.4. The second-order valence-electron chi connectivity index (χ2n) is 6.31. The molecule has 0 bridgehead atoms. The van der Waals surface area contributed by atoms with Gasteiger partial charge in [-0.2, -0.15) is 5.26 Å². The number of nitrogens with one attached hydrogen (secondary N) is 1. The van der Waals surface area contributed by atoms with Gasteiger partial charge in [0.05, 0.1) is 17.3 Å². The molecule has 0 unspecified atom stereocenters. The van der Waals surface area contributed by atoms with Crippen LogP contribution in [0.1, 0.15) is 33.5 Å². The number of aryl methyl sites for hydroxylation is 2. The van der Waals surface area contributed by atoms with Crippen molar-refractivity contribution in [3.05, 3.63) is 92.4 Å². The van der Waals surface area contributed by atoms with E-state index in [0.29, 0.717) is 22.9 Å². The number of H-pyrrole nitrogens is 1. The molecule has 1 N–H and O–H groups in total. The van der Waals surface area contributed by atoms with Crippen molar-refractivity contribution in [2.75, 3.05) is 0 Å². The fraction of sp³-hybridized carbons (Fsp3) is 0.190.